The summed E-state index contributed by atoms with van der Waals surface area (Å²) in [6.45, 7) is 14.2. The number of benzene rings is 4. The Balaban J connectivity index is 0.000000175. The first-order valence-electron chi connectivity index (χ1n) is 19.9. The van der Waals surface area contributed by atoms with Gasteiger partial charge in [0.05, 0.1) is 33.1 Å². The van der Waals surface area contributed by atoms with Gasteiger partial charge in [0.15, 0.2) is 20.4 Å². The number of anilines is 3. The fourth-order valence-electron chi connectivity index (χ4n) is 6.19. The molecule has 0 bridgehead atoms. The van der Waals surface area contributed by atoms with Crippen molar-refractivity contribution in [3.8, 4) is 5.75 Å². The Morgan fingerprint density at radius 1 is 0.583 bits per heavy atom. The van der Waals surface area contributed by atoms with E-state index in [1.165, 1.54) is 5.56 Å². The van der Waals surface area contributed by atoms with Gasteiger partial charge < -0.3 is 50.6 Å². The number of nitrogens with one attached hydrogen (secondary N) is 9. The van der Waals surface area contributed by atoms with E-state index in [1.54, 1.807) is 0 Å². The van der Waals surface area contributed by atoms with Crippen molar-refractivity contribution in [1.29, 1.82) is 0 Å². The molecule has 16 heteroatoms. The van der Waals surface area contributed by atoms with Gasteiger partial charge >= 0.3 is 0 Å². The largest absolute Gasteiger partial charge is 0.480 e. The minimum absolute atomic E-state index is 0.0356. The Morgan fingerprint density at radius 2 is 1.03 bits per heavy atom. The molecule has 0 spiro atoms. The molecule has 1 unspecified atom stereocenters. The van der Waals surface area contributed by atoms with Crippen molar-refractivity contribution in [1.82, 2.24) is 29.9 Å². The summed E-state index contributed by atoms with van der Waals surface area (Å²) in [6.07, 6.45) is 2.01. The van der Waals surface area contributed by atoms with Gasteiger partial charge in [0.1, 0.15) is 5.75 Å². The van der Waals surface area contributed by atoms with Crippen LogP contribution < -0.4 is 20.7 Å². The van der Waals surface area contributed by atoms with E-state index in [1.807, 2.05) is 107 Å². The summed E-state index contributed by atoms with van der Waals surface area (Å²) in [5.74, 6) is 1.55. The van der Waals surface area contributed by atoms with Crippen LogP contribution in [0.3, 0.4) is 0 Å². The number of fused-ring (bicyclic) bond motifs is 3. The molecule has 9 N–H and O–H groups in total. The van der Waals surface area contributed by atoms with Crippen LogP contribution in [0.15, 0.2) is 72.8 Å². The molecular formula is C44H53N9O4S3. The topological polar surface area (TPSA) is 191 Å². The summed E-state index contributed by atoms with van der Waals surface area (Å²) in [5, 5.41) is 8.67. The number of aryl methyl sites for hydroxylation is 2. The first-order chi connectivity index (χ1) is 28.5. The van der Waals surface area contributed by atoms with Gasteiger partial charge in [-0.3, -0.25) is 14.4 Å². The van der Waals surface area contributed by atoms with E-state index in [9.17, 15) is 14.4 Å². The highest BCUT2D eigenvalue weighted by Gasteiger charge is 2.20. The van der Waals surface area contributed by atoms with E-state index in [2.05, 4.69) is 59.7 Å². The molecule has 316 valence electrons. The van der Waals surface area contributed by atoms with E-state index in [0.717, 1.165) is 62.2 Å². The third-order valence-corrected chi connectivity index (χ3v) is 9.80. The Morgan fingerprint density at radius 3 is 1.47 bits per heavy atom. The van der Waals surface area contributed by atoms with Crippen LogP contribution in [-0.2, 0) is 14.4 Å². The summed E-state index contributed by atoms with van der Waals surface area (Å²) in [5.41, 5.74) is 9.91. The van der Waals surface area contributed by atoms with E-state index in [-0.39, 0.29) is 17.7 Å². The van der Waals surface area contributed by atoms with E-state index in [4.69, 9.17) is 41.4 Å². The van der Waals surface area contributed by atoms with Gasteiger partial charge in [-0.05, 0) is 141 Å². The average molecular weight is 868 g/mol. The Bertz CT molecular complexity index is 2770. The standard InChI is InChI=1S/C19H21N3O2S.C13H17N3OS.C12H15N3OS/c1-4-16(24-17-8-5-11(2)9-12(17)3)18(23)20-13-6-7-14-15(10-13)22-19(25)21-14;1-8(2)3-6-12(17)14-9-4-5-10-11(7-9)16-13(18)15-10;1-7(2)5-11(16)13-8-3-4-9-10(6-8)15-12(17)14-9/h5-10,16H,4H2,1-3H3,(H,20,23)(H2,21,22,25);4-5,7-8H,3,6H2,1-2H3,(H,14,17)(H2,15,16,18);3-4,6-7H,5H2,1-2H3,(H,13,16)(H2,14,15,17). The molecule has 0 aliphatic rings. The number of hydrogen-bond acceptors (Lipinski definition) is 7. The number of carbonyl (C=O) groups is 3. The number of H-pyrrole nitrogens is 6. The van der Waals surface area contributed by atoms with E-state index >= 15 is 0 Å². The van der Waals surface area contributed by atoms with Crippen LogP contribution in [0.1, 0.15) is 71.4 Å². The fourth-order valence-corrected chi connectivity index (χ4v) is 6.85. The maximum absolute atomic E-state index is 12.6. The van der Waals surface area contributed by atoms with Gasteiger partial charge in [-0.15, -0.1) is 0 Å². The number of aromatic amines is 6. The zero-order chi connectivity index (χ0) is 43.5. The molecule has 0 aliphatic carbocycles. The predicted molar refractivity (Wildman–Crippen MR) is 250 cm³/mol. The molecule has 0 saturated carbocycles. The molecule has 60 heavy (non-hydrogen) atoms. The monoisotopic (exact) mass is 867 g/mol. The third kappa shape index (κ3) is 13.3. The number of rotatable bonds is 12. The first kappa shape index (κ1) is 45.2. The molecule has 7 aromatic rings. The lowest BCUT2D eigenvalue weighted by Gasteiger charge is -2.19. The molecule has 7 rings (SSSR count). The SMILES string of the molecule is CC(C)CC(=O)Nc1ccc2[nH]c(=S)[nH]c2c1.CC(C)CCC(=O)Nc1ccc2[nH]c(=S)[nH]c2c1.CCC(Oc1ccc(C)cc1C)C(=O)Nc1ccc2[nH]c(=S)[nH]c2c1. The summed E-state index contributed by atoms with van der Waals surface area (Å²) in [6, 6.07) is 22.8. The maximum atomic E-state index is 12.6. The van der Waals surface area contributed by atoms with Crippen LogP contribution in [-0.4, -0.2) is 53.7 Å². The van der Waals surface area contributed by atoms with Crippen molar-refractivity contribution in [2.24, 2.45) is 11.8 Å². The van der Waals surface area contributed by atoms with Crippen molar-refractivity contribution in [3.05, 3.63) is 98.2 Å². The van der Waals surface area contributed by atoms with Gasteiger partial charge in [0, 0.05) is 29.9 Å². The van der Waals surface area contributed by atoms with Gasteiger partial charge in [-0.25, -0.2) is 0 Å². The van der Waals surface area contributed by atoms with Gasteiger partial charge in [-0.1, -0.05) is 52.3 Å². The summed E-state index contributed by atoms with van der Waals surface area (Å²) < 4.78 is 7.67. The quantitative estimate of drug-likeness (QED) is 0.0546. The van der Waals surface area contributed by atoms with E-state index in [0.29, 0.717) is 51.1 Å². The number of hydrogen-bond donors (Lipinski definition) is 9. The number of carbonyl (C=O) groups excluding carboxylic acids is 3. The van der Waals surface area contributed by atoms with Gasteiger partial charge in [-0.2, -0.15) is 0 Å². The molecule has 0 aliphatic heterocycles. The highest BCUT2D eigenvalue weighted by atomic mass is 32.1. The third-order valence-electron chi connectivity index (χ3n) is 9.19. The van der Waals surface area contributed by atoms with Crippen molar-refractivity contribution < 1.29 is 19.1 Å². The average Bonchev–Trinajstić information content (AvgIpc) is 3.86. The maximum Gasteiger partial charge on any atom is 0.265 e. The molecule has 3 amide bonds. The smallest absolute Gasteiger partial charge is 0.265 e. The number of imidazole rings is 3. The summed E-state index contributed by atoms with van der Waals surface area (Å²) >= 11 is 15.1. The lowest BCUT2D eigenvalue weighted by Crippen LogP contribution is -2.32. The van der Waals surface area contributed by atoms with Crippen LogP contribution in [0.2, 0.25) is 0 Å². The van der Waals surface area contributed by atoms with Crippen molar-refractivity contribution >= 4 is 105 Å². The molecule has 3 aromatic heterocycles. The number of ether oxygens (including phenoxy) is 1. The van der Waals surface area contributed by atoms with Crippen molar-refractivity contribution in [2.75, 3.05) is 16.0 Å². The second-order valence-corrected chi connectivity index (χ2v) is 16.6. The second-order valence-electron chi connectivity index (χ2n) is 15.4. The molecule has 1 atom stereocenters. The molecular weight excluding hydrogens is 815 g/mol. The number of aromatic nitrogens is 6. The number of amides is 3. The summed E-state index contributed by atoms with van der Waals surface area (Å²) in [7, 11) is 0. The lowest BCUT2D eigenvalue weighted by molar-refractivity contribution is -0.123. The molecule has 4 aromatic carbocycles. The van der Waals surface area contributed by atoms with Crippen LogP contribution in [0.25, 0.3) is 33.1 Å². The minimum Gasteiger partial charge on any atom is -0.480 e. The first-order valence-corrected chi connectivity index (χ1v) is 21.1. The van der Waals surface area contributed by atoms with Gasteiger partial charge in [0.25, 0.3) is 5.91 Å². The van der Waals surface area contributed by atoms with Crippen molar-refractivity contribution in [3.63, 3.8) is 0 Å². The molecule has 0 radical (unpaired) electrons. The normalized spacial score (nSPS) is 11.5. The van der Waals surface area contributed by atoms with Crippen LogP contribution in [0.5, 0.6) is 5.75 Å². The molecule has 0 saturated heterocycles. The van der Waals surface area contributed by atoms with Crippen molar-refractivity contribution in [2.45, 2.75) is 80.3 Å². The summed E-state index contributed by atoms with van der Waals surface area (Å²) in [4.78, 5) is 54.1. The van der Waals surface area contributed by atoms with Crippen LogP contribution in [0.4, 0.5) is 17.1 Å². The highest BCUT2D eigenvalue weighted by molar-refractivity contribution is 7.71. The Labute approximate surface area is 363 Å². The predicted octanol–water partition coefficient (Wildman–Crippen LogP) is 11.4. The van der Waals surface area contributed by atoms with Gasteiger partial charge in [0.2, 0.25) is 11.8 Å². The Kier molecular flexibility index (Phi) is 15.8. The zero-order valence-electron chi connectivity index (χ0n) is 34.8. The fraction of sp³-hybridized carbons (Fsp3) is 0.318. The minimum atomic E-state index is -0.554. The van der Waals surface area contributed by atoms with E-state index < -0.39 is 6.10 Å². The zero-order valence-corrected chi connectivity index (χ0v) is 37.3. The van der Waals surface area contributed by atoms with Crippen LogP contribution >= 0.6 is 36.7 Å². The second kappa shape index (κ2) is 20.9. The lowest BCUT2D eigenvalue weighted by atomic mass is 10.1. The molecule has 3 heterocycles. The van der Waals surface area contributed by atoms with Crippen LogP contribution in [0, 0.1) is 40.0 Å². The molecule has 13 nitrogen and oxygen atoms in total. The molecule has 0 fully saturated rings. The Hall–Kier alpha value is -5.84. The highest BCUT2D eigenvalue weighted by Crippen LogP contribution is 2.23.